The van der Waals surface area contributed by atoms with E-state index in [1.807, 2.05) is 44.9 Å². The highest BCUT2D eigenvalue weighted by atomic mass is 16.6. The molecule has 1 saturated heterocycles. The number of piperidine rings is 1. The Morgan fingerprint density at radius 1 is 1.15 bits per heavy atom. The number of likely N-dealkylation sites (tertiary alicyclic amines) is 1. The van der Waals surface area contributed by atoms with Crippen molar-refractivity contribution in [3.05, 3.63) is 57.5 Å². The molecule has 1 aliphatic heterocycles. The maximum absolute atomic E-state index is 12.4. The van der Waals surface area contributed by atoms with Gasteiger partial charge in [0.1, 0.15) is 5.60 Å². The molecule has 6 nitrogen and oxygen atoms in total. The van der Waals surface area contributed by atoms with Crippen LogP contribution in [0.1, 0.15) is 76.0 Å². The lowest BCUT2D eigenvalue weighted by Gasteiger charge is -2.33. The van der Waals surface area contributed by atoms with Crippen LogP contribution in [-0.4, -0.2) is 39.2 Å². The van der Waals surface area contributed by atoms with Gasteiger partial charge in [-0.3, -0.25) is 4.79 Å². The quantitative estimate of drug-likeness (QED) is 0.512. The fourth-order valence-corrected chi connectivity index (χ4v) is 5.05. The standard InChI is InChI=1S/C28H37N3O3/c1-17(2)24-22-15-20(19-10-12-31(13-11-19)27(33)34-28(4,5)6)8-9-23(22)29-25(24)21-14-18(3)26(32)30(7)16-21/h8-9,14-17,19,29H,10-13H2,1-7H3. The van der Waals surface area contributed by atoms with Gasteiger partial charge in [0, 0.05) is 48.4 Å². The van der Waals surface area contributed by atoms with Crippen LogP contribution in [-0.2, 0) is 11.8 Å². The molecule has 1 N–H and O–H groups in total. The van der Waals surface area contributed by atoms with Crippen molar-refractivity contribution in [2.75, 3.05) is 13.1 Å². The number of fused-ring (bicyclic) bond motifs is 1. The van der Waals surface area contributed by atoms with E-state index in [4.69, 9.17) is 4.74 Å². The van der Waals surface area contributed by atoms with Crippen molar-refractivity contribution in [3.63, 3.8) is 0 Å². The maximum Gasteiger partial charge on any atom is 0.410 e. The molecule has 6 heteroatoms. The van der Waals surface area contributed by atoms with E-state index in [0.29, 0.717) is 24.9 Å². The molecule has 1 aromatic carbocycles. The first-order chi connectivity index (χ1) is 15.9. The second kappa shape index (κ2) is 8.97. The molecule has 0 spiro atoms. The van der Waals surface area contributed by atoms with Crippen LogP contribution >= 0.6 is 0 Å². The van der Waals surface area contributed by atoms with Crippen LogP contribution in [0.5, 0.6) is 0 Å². The summed E-state index contributed by atoms with van der Waals surface area (Å²) in [6.07, 6.45) is 3.56. The molecule has 0 atom stereocenters. The van der Waals surface area contributed by atoms with Gasteiger partial charge in [0.25, 0.3) is 5.56 Å². The molecule has 1 fully saturated rings. The van der Waals surface area contributed by atoms with Gasteiger partial charge >= 0.3 is 6.09 Å². The molecule has 0 saturated carbocycles. The van der Waals surface area contributed by atoms with Crippen molar-refractivity contribution in [2.45, 2.75) is 71.8 Å². The normalized spacial score (nSPS) is 15.4. The molecule has 0 aliphatic carbocycles. The van der Waals surface area contributed by atoms with Crippen LogP contribution in [0.2, 0.25) is 0 Å². The summed E-state index contributed by atoms with van der Waals surface area (Å²) in [6, 6.07) is 8.70. The van der Waals surface area contributed by atoms with E-state index in [9.17, 15) is 9.59 Å². The van der Waals surface area contributed by atoms with Crippen molar-refractivity contribution < 1.29 is 9.53 Å². The van der Waals surface area contributed by atoms with Crippen LogP contribution in [0, 0.1) is 6.92 Å². The molecular weight excluding hydrogens is 426 g/mol. The number of ether oxygens (including phenoxy) is 1. The summed E-state index contributed by atoms with van der Waals surface area (Å²) in [7, 11) is 1.80. The van der Waals surface area contributed by atoms with Crippen LogP contribution in [0.3, 0.4) is 0 Å². The van der Waals surface area contributed by atoms with E-state index in [2.05, 4.69) is 37.0 Å². The third-order valence-electron chi connectivity index (χ3n) is 6.71. The summed E-state index contributed by atoms with van der Waals surface area (Å²) >= 11 is 0. The zero-order valence-electron chi connectivity index (χ0n) is 21.5. The van der Waals surface area contributed by atoms with Crippen LogP contribution in [0.4, 0.5) is 4.79 Å². The fraction of sp³-hybridized carbons (Fsp3) is 0.500. The minimum Gasteiger partial charge on any atom is -0.444 e. The molecule has 34 heavy (non-hydrogen) atoms. The first-order valence-electron chi connectivity index (χ1n) is 12.3. The second-order valence-electron chi connectivity index (χ2n) is 10.9. The number of amides is 1. The summed E-state index contributed by atoms with van der Waals surface area (Å²) < 4.78 is 7.21. The van der Waals surface area contributed by atoms with Gasteiger partial charge in [0.05, 0.1) is 5.69 Å². The van der Waals surface area contributed by atoms with E-state index >= 15 is 0 Å². The zero-order valence-corrected chi connectivity index (χ0v) is 21.5. The molecule has 3 aromatic rings. The number of pyridine rings is 1. The second-order valence-corrected chi connectivity index (χ2v) is 10.9. The molecule has 182 valence electrons. The Morgan fingerprint density at radius 2 is 1.82 bits per heavy atom. The third-order valence-corrected chi connectivity index (χ3v) is 6.71. The molecule has 0 radical (unpaired) electrons. The smallest absolute Gasteiger partial charge is 0.410 e. The lowest BCUT2D eigenvalue weighted by molar-refractivity contribution is 0.0205. The number of hydrogen-bond acceptors (Lipinski definition) is 3. The van der Waals surface area contributed by atoms with E-state index in [1.165, 1.54) is 16.5 Å². The third kappa shape index (κ3) is 4.77. The Bertz CT molecular complexity index is 1240. The van der Waals surface area contributed by atoms with Crippen molar-refractivity contribution in [1.29, 1.82) is 0 Å². The van der Waals surface area contributed by atoms with Crippen molar-refractivity contribution in [1.82, 2.24) is 14.5 Å². The van der Waals surface area contributed by atoms with Gasteiger partial charge in [-0.1, -0.05) is 19.9 Å². The Labute approximate surface area is 201 Å². The van der Waals surface area contributed by atoms with Gasteiger partial charge in [-0.05, 0) is 81.7 Å². The van der Waals surface area contributed by atoms with Crippen molar-refractivity contribution in [2.24, 2.45) is 7.05 Å². The minimum absolute atomic E-state index is 0.0333. The SMILES string of the molecule is Cc1cc(-c2[nH]c3ccc(C4CCN(C(=O)OC(C)(C)C)CC4)cc3c2C(C)C)cn(C)c1=O. The summed E-state index contributed by atoms with van der Waals surface area (Å²) in [4.78, 5) is 30.1. The molecule has 4 rings (SSSR count). The molecular formula is C28H37N3O3. The number of aromatic amines is 1. The molecule has 0 unspecified atom stereocenters. The number of nitrogens with one attached hydrogen (secondary N) is 1. The van der Waals surface area contributed by atoms with E-state index in [1.54, 1.807) is 11.6 Å². The monoisotopic (exact) mass is 463 g/mol. The molecule has 1 aliphatic rings. The number of aromatic nitrogens is 2. The highest BCUT2D eigenvalue weighted by molar-refractivity contribution is 5.92. The van der Waals surface area contributed by atoms with E-state index in [-0.39, 0.29) is 11.7 Å². The van der Waals surface area contributed by atoms with E-state index < -0.39 is 5.60 Å². The number of H-pyrrole nitrogens is 1. The average Bonchev–Trinajstić information content (AvgIpc) is 3.15. The fourth-order valence-electron chi connectivity index (χ4n) is 5.05. The predicted molar refractivity (Wildman–Crippen MR) is 138 cm³/mol. The maximum atomic E-state index is 12.4. The van der Waals surface area contributed by atoms with Gasteiger partial charge in [-0.2, -0.15) is 0 Å². The van der Waals surface area contributed by atoms with Gasteiger partial charge < -0.3 is 19.2 Å². The largest absolute Gasteiger partial charge is 0.444 e. The Morgan fingerprint density at radius 3 is 2.41 bits per heavy atom. The lowest BCUT2D eigenvalue weighted by Crippen LogP contribution is -2.41. The Hall–Kier alpha value is -3.02. The molecule has 2 aromatic heterocycles. The van der Waals surface area contributed by atoms with Crippen LogP contribution < -0.4 is 5.56 Å². The van der Waals surface area contributed by atoms with Gasteiger partial charge in [-0.25, -0.2) is 4.79 Å². The number of benzene rings is 1. The summed E-state index contributed by atoms with van der Waals surface area (Å²) in [6.45, 7) is 13.4. The number of hydrogen-bond donors (Lipinski definition) is 1. The number of carbonyl (C=O) groups is 1. The number of rotatable bonds is 3. The lowest BCUT2D eigenvalue weighted by atomic mass is 9.87. The summed E-state index contributed by atoms with van der Waals surface area (Å²) in [5.41, 5.74) is 6.13. The Kier molecular flexibility index (Phi) is 6.36. The highest BCUT2D eigenvalue weighted by Gasteiger charge is 2.28. The predicted octanol–water partition coefficient (Wildman–Crippen LogP) is 6.08. The summed E-state index contributed by atoms with van der Waals surface area (Å²) in [5.74, 6) is 0.742. The number of nitrogens with zero attached hydrogens (tertiary/aromatic N) is 2. The topological polar surface area (TPSA) is 67.3 Å². The number of carbonyl (C=O) groups excluding carboxylic acids is 1. The average molecular weight is 464 g/mol. The minimum atomic E-state index is -0.470. The molecule has 0 bridgehead atoms. The van der Waals surface area contributed by atoms with Crippen LogP contribution in [0.15, 0.2) is 35.3 Å². The highest BCUT2D eigenvalue weighted by Crippen LogP contribution is 2.38. The van der Waals surface area contributed by atoms with Crippen molar-refractivity contribution in [3.8, 4) is 11.3 Å². The van der Waals surface area contributed by atoms with Gasteiger partial charge in [0.15, 0.2) is 0 Å². The van der Waals surface area contributed by atoms with Crippen molar-refractivity contribution >= 4 is 17.0 Å². The van der Waals surface area contributed by atoms with Gasteiger partial charge in [-0.15, -0.1) is 0 Å². The van der Waals surface area contributed by atoms with Gasteiger partial charge in [0.2, 0.25) is 0 Å². The first-order valence-corrected chi connectivity index (χ1v) is 12.3. The summed E-state index contributed by atoms with van der Waals surface area (Å²) in [5, 5.41) is 1.24. The first kappa shape index (κ1) is 24.1. The van der Waals surface area contributed by atoms with Crippen LogP contribution in [0.25, 0.3) is 22.2 Å². The number of aryl methyl sites for hydroxylation is 2. The molecule has 1 amide bonds. The Balaban J connectivity index is 1.63. The molecule has 3 heterocycles. The zero-order chi connectivity index (χ0) is 24.8. The van der Waals surface area contributed by atoms with E-state index in [0.717, 1.165) is 35.2 Å².